The number of hydrogen-bond donors (Lipinski definition) is 1. The smallest absolute Gasteiger partial charge is 0.410 e. The SMILES string of the molecule is CC(C)(C)CC(=O)Nc1ccc(OC(=O)N2CCCCC2)cc1. The first-order valence-corrected chi connectivity index (χ1v) is 8.20. The highest BCUT2D eigenvalue weighted by Gasteiger charge is 2.18. The maximum atomic E-state index is 12.0. The van der Waals surface area contributed by atoms with Crippen molar-refractivity contribution in [3.05, 3.63) is 24.3 Å². The Kier molecular flexibility index (Phi) is 5.64. The van der Waals surface area contributed by atoms with Gasteiger partial charge in [0.25, 0.3) is 0 Å². The second kappa shape index (κ2) is 7.49. The topological polar surface area (TPSA) is 58.6 Å². The number of benzene rings is 1. The molecule has 0 saturated carbocycles. The van der Waals surface area contributed by atoms with Gasteiger partial charge in [-0.2, -0.15) is 0 Å². The van der Waals surface area contributed by atoms with E-state index in [0.717, 1.165) is 25.9 Å². The summed E-state index contributed by atoms with van der Waals surface area (Å²) in [5.41, 5.74) is 0.658. The van der Waals surface area contributed by atoms with Gasteiger partial charge in [0.1, 0.15) is 5.75 Å². The number of nitrogens with zero attached hydrogens (tertiary/aromatic N) is 1. The molecule has 0 unspecified atom stereocenters. The molecule has 1 N–H and O–H groups in total. The summed E-state index contributed by atoms with van der Waals surface area (Å²) in [5, 5.41) is 2.85. The molecule has 0 spiro atoms. The fraction of sp³-hybridized carbons (Fsp3) is 0.556. The van der Waals surface area contributed by atoms with E-state index in [1.165, 1.54) is 6.42 Å². The molecule has 0 aromatic heterocycles. The van der Waals surface area contributed by atoms with Crippen molar-refractivity contribution in [2.45, 2.75) is 46.5 Å². The van der Waals surface area contributed by atoms with E-state index in [9.17, 15) is 9.59 Å². The van der Waals surface area contributed by atoms with Crippen molar-refractivity contribution in [1.82, 2.24) is 4.90 Å². The van der Waals surface area contributed by atoms with Gasteiger partial charge in [0.15, 0.2) is 0 Å². The summed E-state index contributed by atoms with van der Waals surface area (Å²) < 4.78 is 5.37. The van der Waals surface area contributed by atoms with Gasteiger partial charge in [0, 0.05) is 25.2 Å². The Hall–Kier alpha value is -2.04. The molecule has 2 rings (SSSR count). The fourth-order valence-electron chi connectivity index (χ4n) is 2.54. The molecule has 126 valence electrons. The highest BCUT2D eigenvalue weighted by Crippen LogP contribution is 2.21. The monoisotopic (exact) mass is 318 g/mol. The summed E-state index contributed by atoms with van der Waals surface area (Å²) >= 11 is 0. The Labute approximate surface area is 138 Å². The number of amides is 2. The zero-order valence-corrected chi connectivity index (χ0v) is 14.2. The van der Waals surface area contributed by atoms with Crippen molar-refractivity contribution >= 4 is 17.7 Å². The molecule has 0 radical (unpaired) electrons. The van der Waals surface area contributed by atoms with Crippen LogP contribution in [-0.4, -0.2) is 30.0 Å². The Bertz CT molecular complexity index is 540. The largest absolute Gasteiger partial charge is 0.415 e. The van der Waals surface area contributed by atoms with Crippen LogP contribution in [-0.2, 0) is 4.79 Å². The van der Waals surface area contributed by atoms with Crippen LogP contribution in [0.1, 0.15) is 46.5 Å². The fourth-order valence-corrected chi connectivity index (χ4v) is 2.54. The Balaban J connectivity index is 1.86. The number of nitrogens with one attached hydrogen (secondary N) is 1. The quantitative estimate of drug-likeness (QED) is 0.915. The second-order valence-electron chi connectivity index (χ2n) is 7.23. The summed E-state index contributed by atoms with van der Waals surface area (Å²) in [7, 11) is 0. The lowest BCUT2D eigenvalue weighted by molar-refractivity contribution is -0.117. The number of carbonyl (C=O) groups is 2. The van der Waals surface area contributed by atoms with Crippen molar-refractivity contribution < 1.29 is 14.3 Å². The molecule has 0 bridgehead atoms. The van der Waals surface area contributed by atoms with Gasteiger partial charge >= 0.3 is 6.09 Å². The molecule has 1 heterocycles. The first-order chi connectivity index (χ1) is 10.8. The summed E-state index contributed by atoms with van der Waals surface area (Å²) in [6, 6.07) is 6.90. The van der Waals surface area contributed by atoms with Gasteiger partial charge < -0.3 is 15.0 Å². The van der Waals surface area contributed by atoms with E-state index in [2.05, 4.69) is 5.32 Å². The average Bonchev–Trinajstić information content (AvgIpc) is 2.48. The predicted octanol–water partition coefficient (Wildman–Crippen LogP) is 4.05. The summed E-state index contributed by atoms with van der Waals surface area (Å²) in [6.07, 6.45) is 3.40. The minimum Gasteiger partial charge on any atom is -0.410 e. The van der Waals surface area contributed by atoms with Crippen LogP contribution in [0.4, 0.5) is 10.5 Å². The minimum absolute atomic E-state index is 0.0180. The van der Waals surface area contributed by atoms with E-state index in [1.807, 2.05) is 20.8 Å². The standard InChI is InChI=1S/C18H26N2O3/c1-18(2,3)13-16(21)19-14-7-9-15(10-8-14)23-17(22)20-11-5-4-6-12-20/h7-10H,4-6,11-13H2,1-3H3,(H,19,21). The minimum atomic E-state index is -0.297. The molecule has 1 aromatic rings. The molecule has 1 saturated heterocycles. The van der Waals surface area contributed by atoms with Crippen LogP contribution in [0.5, 0.6) is 5.75 Å². The van der Waals surface area contributed by atoms with Gasteiger partial charge in [-0.1, -0.05) is 20.8 Å². The molecule has 5 heteroatoms. The van der Waals surface area contributed by atoms with Crippen molar-refractivity contribution in [1.29, 1.82) is 0 Å². The third kappa shape index (κ3) is 5.93. The number of rotatable bonds is 3. The first kappa shape index (κ1) is 17.3. The van der Waals surface area contributed by atoms with Crippen LogP contribution in [0.2, 0.25) is 0 Å². The zero-order chi connectivity index (χ0) is 16.9. The van der Waals surface area contributed by atoms with Crippen molar-refractivity contribution in [2.24, 2.45) is 5.41 Å². The lowest BCUT2D eigenvalue weighted by atomic mass is 9.92. The molecule has 23 heavy (non-hydrogen) atoms. The number of anilines is 1. The van der Waals surface area contributed by atoms with Gasteiger partial charge in [-0.15, -0.1) is 0 Å². The lowest BCUT2D eigenvalue weighted by Gasteiger charge is -2.25. The normalized spacial score (nSPS) is 15.2. The average molecular weight is 318 g/mol. The maximum Gasteiger partial charge on any atom is 0.415 e. The number of piperidine rings is 1. The van der Waals surface area contributed by atoms with Crippen LogP contribution >= 0.6 is 0 Å². The molecular weight excluding hydrogens is 292 g/mol. The van der Waals surface area contributed by atoms with Crippen LogP contribution in [0.3, 0.4) is 0 Å². The van der Waals surface area contributed by atoms with Crippen LogP contribution in [0.25, 0.3) is 0 Å². The summed E-state index contributed by atoms with van der Waals surface area (Å²) in [4.78, 5) is 25.7. The second-order valence-corrected chi connectivity index (χ2v) is 7.23. The molecule has 0 aliphatic carbocycles. The number of carbonyl (C=O) groups excluding carboxylic acids is 2. The molecule has 1 fully saturated rings. The number of ether oxygens (including phenoxy) is 1. The molecule has 1 aromatic carbocycles. The van der Waals surface area contributed by atoms with Crippen LogP contribution < -0.4 is 10.1 Å². The molecule has 0 atom stereocenters. The first-order valence-electron chi connectivity index (χ1n) is 8.20. The van der Waals surface area contributed by atoms with E-state index >= 15 is 0 Å². The van der Waals surface area contributed by atoms with E-state index in [4.69, 9.17) is 4.74 Å². The van der Waals surface area contributed by atoms with E-state index in [-0.39, 0.29) is 17.4 Å². The van der Waals surface area contributed by atoms with E-state index < -0.39 is 0 Å². The predicted molar refractivity (Wildman–Crippen MR) is 90.6 cm³/mol. The number of hydrogen-bond acceptors (Lipinski definition) is 3. The number of likely N-dealkylation sites (tertiary alicyclic amines) is 1. The third-order valence-electron chi connectivity index (χ3n) is 3.65. The maximum absolute atomic E-state index is 12.0. The van der Waals surface area contributed by atoms with E-state index in [0.29, 0.717) is 17.9 Å². The van der Waals surface area contributed by atoms with Crippen molar-refractivity contribution in [2.75, 3.05) is 18.4 Å². The Morgan fingerprint density at radius 1 is 1.09 bits per heavy atom. The molecule has 1 aliphatic heterocycles. The van der Waals surface area contributed by atoms with Crippen LogP contribution in [0, 0.1) is 5.41 Å². The summed E-state index contributed by atoms with van der Waals surface area (Å²) in [6.45, 7) is 7.60. The lowest BCUT2D eigenvalue weighted by Crippen LogP contribution is -2.37. The molecule has 2 amide bonds. The van der Waals surface area contributed by atoms with Gasteiger partial charge in [0.05, 0.1) is 0 Å². The highest BCUT2D eigenvalue weighted by atomic mass is 16.6. The van der Waals surface area contributed by atoms with Gasteiger partial charge in [-0.3, -0.25) is 4.79 Å². The van der Waals surface area contributed by atoms with Crippen molar-refractivity contribution in [3.8, 4) is 5.75 Å². The molecular formula is C18H26N2O3. The van der Waals surface area contributed by atoms with Crippen LogP contribution in [0.15, 0.2) is 24.3 Å². The Morgan fingerprint density at radius 2 is 1.70 bits per heavy atom. The Morgan fingerprint density at radius 3 is 2.26 bits per heavy atom. The van der Waals surface area contributed by atoms with Crippen molar-refractivity contribution in [3.63, 3.8) is 0 Å². The van der Waals surface area contributed by atoms with Gasteiger partial charge in [0.2, 0.25) is 5.91 Å². The van der Waals surface area contributed by atoms with Gasteiger partial charge in [-0.25, -0.2) is 4.79 Å². The molecule has 5 nitrogen and oxygen atoms in total. The molecule has 1 aliphatic rings. The zero-order valence-electron chi connectivity index (χ0n) is 14.2. The highest BCUT2D eigenvalue weighted by molar-refractivity contribution is 5.91. The van der Waals surface area contributed by atoms with Gasteiger partial charge in [-0.05, 0) is 48.9 Å². The summed E-state index contributed by atoms with van der Waals surface area (Å²) in [5.74, 6) is 0.477. The van der Waals surface area contributed by atoms with E-state index in [1.54, 1.807) is 29.2 Å². The third-order valence-corrected chi connectivity index (χ3v) is 3.65.